The highest BCUT2D eigenvalue weighted by Gasteiger charge is 2.33. The number of hydrogen-bond acceptors (Lipinski definition) is 2. The number of alkyl halides is 3. The van der Waals surface area contributed by atoms with Gasteiger partial charge in [0.2, 0.25) is 5.91 Å². The van der Waals surface area contributed by atoms with E-state index in [4.69, 9.17) is 5.73 Å². The summed E-state index contributed by atoms with van der Waals surface area (Å²) < 4.78 is 38.5. The van der Waals surface area contributed by atoms with Crippen molar-refractivity contribution in [2.45, 2.75) is 52.3 Å². The predicted molar refractivity (Wildman–Crippen MR) is 92.2 cm³/mol. The van der Waals surface area contributed by atoms with E-state index < -0.39 is 23.2 Å². The third kappa shape index (κ3) is 5.98. The number of nitrogens with two attached hydrogens (primary N) is 1. The van der Waals surface area contributed by atoms with Gasteiger partial charge in [-0.15, -0.1) is 12.4 Å². The van der Waals surface area contributed by atoms with E-state index in [1.54, 1.807) is 19.9 Å². The summed E-state index contributed by atoms with van der Waals surface area (Å²) in [4.78, 5) is 12.1. The van der Waals surface area contributed by atoms with Crippen LogP contribution in [-0.4, -0.2) is 18.5 Å². The third-order valence-corrected chi connectivity index (χ3v) is 3.89. The molecule has 1 rings (SSSR count). The number of carbonyl (C=O) groups excluding carboxylic acids is 1. The highest BCUT2D eigenvalue weighted by atomic mass is 35.5. The molecule has 0 unspecified atom stereocenters. The highest BCUT2D eigenvalue weighted by molar-refractivity contribution is 5.85. The molecular formula is C17H26ClF3N2O. The van der Waals surface area contributed by atoms with Crippen LogP contribution in [0.25, 0.3) is 0 Å². The van der Waals surface area contributed by atoms with Gasteiger partial charge in [-0.25, -0.2) is 0 Å². The van der Waals surface area contributed by atoms with E-state index in [0.29, 0.717) is 5.56 Å². The van der Waals surface area contributed by atoms with Crippen molar-refractivity contribution < 1.29 is 18.0 Å². The number of benzene rings is 1. The van der Waals surface area contributed by atoms with Gasteiger partial charge >= 0.3 is 6.18 Å². The third-order valence-electron chi connectivity index (χ3n) is 3.89. The van der Waals surface area contributed by atoms with E-state index in [0.717, 1.165) is 12.1 Å². The smallest absolute Gasteiger partial charge is 0.354 e. The van der Waals surface area contributed by atoms with Crippen molar-refractivity contribution in [3.8, 4) is 0 Å². The maximum absolute atomic E-state index is 12.8. The van der Waals surface area contributed by atoms with Gasteiger partial charge in [-0.2, -0.15) is 13.2 Å². The Morgan fingerprint density at radius 3 is 2.08 bits per heavy atom. The van der Waals surface area contributed by atoms with Gasteiger partial charge in [-0.05, 0) is 17.0 Å². The SMILES string of the molecule is CC(C)(CNC(=O)[C@@H](N)C(C)(C)C)c1cccc(C(F)(F)F)c1.Cl. The van der Waals surface area contributed by atoms with E-state index in [1.807, 2.05) is 20.8 Å². The van der Waals surface area contributed by atoms with Crippen molar-refractivity contribution >= 4 is 18.3 Å². The van der Waals surface area contributed by atoms with Crippen LogP contribution in [0, 0.1) is 5.41 Å². The Bertz CT molecular complexity index is 566. The molecule has 0 fully saturated rings. The Labute approximate surface area is 147 Å². The van der Waals surface area contributed by atoms with Crippen molar-refractivity contribution in [1.29, 1.82) is 0 Å². The molecule has 0 aliphatic heterocycles. The Morgan fingerprint density at radius 1 is 1.12 bits per heavy atom. The number of rotatable bonds is 4. The van der Waals surface area contributed by atoms with Crippen LogP contribution in [0.2, 0.25) is 0 Å². The van der Waals surface area contributed by atoms with Crippen LogP contribution in [0.15, 0.2) is 24.3 Å². The molecule has 1 atom stereocenters. The van der Waals surface area contributed by atoms with Crippen LogP contribution in [-0.2, 0) is 16.4 Å². The Morgan fingerprint density at radius 2 is 1.62 bits per heavy atom. The number of hydrogen-bond donors (Lipinski definition) is 2. The minimum atomic E-state index is -4.38. The summed E-state index contributed by atoms with van der Waals surface area (Å²) in [6.07, 6.45) is -4.38. The number of nitrogens with one attached hydrogen (secondary N) is 1. The Balaban J connectivity index is 0.00000529. The van der Waals surface area contributed by atoms with Gasteiger partial charge in [-0.1, -0.05) is 52.8 Å². The minimum Gasteiger partial charge on any atom is -0.354 e. The van der Waals surface area contributed by atoms with Gasteiger partial charge in [0.1, 0.15) is 0 Å². The second kappa shape index (κ2) is 7.74. The number of carbonyl (C=O) groups is 1. The summed E-state index contributed by atoms with van der Waals surface area (Å²) in [7, 11) is 0. The van der Waals surface area contributed by atoms with Gasteiger partial charge in [0.05, 0.1) is 11.6 Å². The zero-order valence-corrected chi connectivity index (χ0v) is 15.4. The van der Waals surface area contributed by atoms with Crippen molar-refractivity contribution in [2.75, 3.05) is 6.54 Å². The Hall–Kier alpha value is -1.27. The van der Waals surface area contributed by atoms with Crippen LogP contribution in [0.4, 0.5) is 13.2 Å². The molecule has 0 saturated heterocycles. The predicted octanol–water partition coefficient (Wildman–Crippen LogP) is 3.89. The molecule has 3 N–H and O–H groups in total. The fourth-order valence-corrected chi connectivity index (χ4v) is 2.03. The van der Waals surface area contributed by atoms with Crippen LogP contribution in [0.3, 0.4) is 0 Å². The molecule has 0 heterocycles. The summed E-state index contributed by atoms with van der Waals surface area (Å²) in [5.74, 6) is -0.308. The quantitative estimate of drug-likeness (QED) is 0.849. The topological polar surface area (TPSA) is 55.1 Å². The van der Waals surface area contributed by atoms with Crippen LogP contribution < -0.4 is 11.1 Å². The first-order valence-electron chi connectivity index (χ1n) is 7.46. The standard InChI is InChI=1S/C17H25F3N2O.ClH/c1-15(2,3)13(21)14(23)22-10-16(4,5)11-7-6-8-12(9-11)17(18,19)20;/h6-9,13H,10,21H2,1-5H3,(H,22,23);1H/t13-;/m1./s1. The summed E-state index contributed by atoms with van der Waals surface area (Å²) in [5, 5.41) is 2.74. The number of amides is 1. The number of halogens is 4. The van der Waals surface area contributed by atoms with E-state index in [9.17, 15) is 18.0 Å². The molecule has 0 saturated carbocycles. The lowest BCUT2D eigenvalue weighted by Gasteiger charge is -2.30. The molecule has 0 spiro atoms. The van der Waals surface area contributed by atoms with Gasteiger partial charge < -0.3 is 11.1 Å². The van der Waals surface area contributed by atoms with Gasteiger partial charge in [-0.3, -0.25) is 4.79 Å². The lowest BCUT2D eigenvalue weighted by atomic mass is 9.83. The largest absolute Gasteiger partial charge is 0.416 e. The van der Waals surface area contributed by atoms with Crippen LogP contribution in [0.1, 0.15) is 45.7 Å². The van der Waals surface area contributed by atoms with E-state index in [1.165, 1.54) is 6.07 Å². The van der Waals surface area contributed by atoms with Crippen molar-refractivity contribution in [3.63, 3.8) is 0 Å². The van der Waals surface area contributed by atoms with Crippen molar-refractivity contribution in [1.82, 2.24) is 5.32 Å². The first-order valence-corrected chi connectivity index (χ1v) is 7.46. The molecule has 0 aliphatic carbocycles. The average molecular weight is 367 g/mol. The minimum absolute atomic E-state index is 0. The fraction of sp³-hybridized carbons (Fsp3) is 0.588. The molecule has 7 heteroatoms. The van der Waals surface area contributed by atoms with Crippen molar-refractivity contribution in [3.05, 3.63) is 35.4 Å². The maximum Gasteiger partial charge on any atom is 0.416 e. The fourth-order valence-electron chi connectivity index (χ4n) is 2.03. The lowest BCUT2D eigenvalue weighted by molar-refractivity contribution is -0.137. The van der Waals surface area contributed by atoms with Crippen molar-refractivity contribution in [2.24, 2.45) is 11.1 Å². The van der Waals surface area contributed by atoms with E-state index in [-0.39, 0.29) is 30.3 Å². The van der Waals surface area contributed by atoms with E-state index in [2.05, 4.69) is 5.32 Å². The summed E-state index contributed by atoms with van der Waals surface area (Å²) in [6, 6.07) is 4.48. The zero-order valence-electron chi connectivity index (χ0n) is 14.6. The molecule has 0 aromatic heterocycles. The summed E-state index contributed by atoms with van der Waals surface area (Å²) >= 11 is 0. The Kier molecular flexibility index (Phi) is 7.33. The van der Waals surface area contributed by atoms with Gasteiger partial charge in [0.15, 0.2) is 0 Å². The molecule has 3 nitrogen and oxygen atoms in total. The normalized spacial score (nSPS) is 13.9. The summed E-state index contributed by atoms with van der Waals surface area (Å²) in [6.45, 7) is 9.34. The second-order valence-electron chi connectivity index (χ2n) is 7.52. The zero-order chi connectivity index (χ0) is 18.1. The average Bonchev–Trinajstić information content (AvgIpc) is 2.42. The van der Waals surface area contributed by atoms with Crippen LogP contribution >= 0.6 is 12.4 Å². The van der Waals surface area contributed by atoms with Gasteiger partial charge in [0.25, 0.3) is 0 Å². The second-order valence-corrected chi connectivity index (χ2v) is 7.52. The van der Waals surface area contributed by atoms with Gasteiger partial charge in [0, 0.05) is 12.0 Å². The lowest BCUT2D eigenvalue weighted by Crippen LogP contribution is -2.50. The molecule has 0 bridgehead atoms. The first-order chi connectivity index (χ1) is 10.2. The molecular weight excluding hydrogens is 341 g/mol. The molecule has 0 aliphatic rings. The highest BCUT2D eigenvalue weighted by Crippen LogP contribution is 2.32. The van der Waals surface area contributed by atoms with E-state index >= 15 is 0 Å². The van der Waals surface area contributed by atoms with Crippen LogP contribution in [0.5, 0.6) is 0 Å². The first kappa shape index (κ1) is 22.7. The molecule has 0 radical (unpaired) electrons. The molecule has 1 aromatic carbocycles. The molecule has 24 heavy (non-hydrogen) atoms. The summed E-state index contributed by atoms with van der Waals surface area (Å²) in [5.41, 5.74) is 4.67. The molecule has 1 aromatic rings. The molecule has 1 amide bonds. The molecule has 138 valence electrons. The maximum atomic E-state index is 12.8. The monoisotopic (exact) mass is 366 g/mol.